The fraction of sp³-hybridized carbons (Fsp3) is 0.273. The Balaban J connectivity index is 2.08. The fourth-order valence-corrected chi connectivity index (χ4v) is 3.11. The molecule has 1 atom stereocenters. The second-order valence-corrected chi connectivity index (χ2v) is 7.71. The Morgan fingerprint density at radius 1 is 1.07 bits per heavy atom. The van der Waals surface area contributed by atoms with Crippen LogP contribution in [0.15, 0.2) is 66.9 Å². The second kappa shape index (κ2) is 7.66. The number of nitrogens with one attached hydrogen (secondary N) is 1. The molecule has 2 N–H and O–H groups in total. The molecule has 0 spiro atoms. The first-order valence-corrected chi connectivity index (χ1v) is 9.00. The lowest BCUT2D eigenvalue weighted by Crippen LogP contribution is -2.37. The molecule has 140 valence electrons. The number of nitrogens with zero attached hydrogens (tertiary/aromatic N) is 2. The van der Waals surface area contributed by atoms with Gasteiger partial charge in [-0.05, 0) is 11.0 Å². The molecule has 0 aliphatic carbocycles. The van der Waals surface area contributed by atoms with E-state index in [1.165, 1.54) is 0 Å². The zero-order valence-electron chi connectivity index (χ0n) is 15.9. The van der Waals surface area contributed by atoms with Crippen molar-refractivity contribution in [1.29, 1.82) is 0 Å². The summed E-state index contributed by atoms with van der Waals surface area (Å²) in [6, 6.07) is 19.6. The monoisotopic (exact) mass is 363 g/mol. The Labute approximate surface area is 159 Å². The van der Waals surface area contributed by atoms with E-state index in [9.17, 15) is 9.90 Å². The van der Waals surface area contributed by atoms with E-state index in [1.807, 2.05) is 80.1 Å². The van der Waals surface area contributed by atoms with E-state index in [2.05, 4.69) is 17.4 Å². The van der Waals surface area contributed by atoms with Gasteiger partial charge in [0.15, 0.2) is 0 Å². The van der Waals surface area contributed by atoms with E-state index in [0.717, 1.165) is 16.8 Å². The van der Waals surface area contributed by atoms with Crippen LogP contribution in [0.5, 0.6) is 0 Å². The van der Waals surface area contributed by atoms with Crippen molar-refractivity contribution in [3.05, 3.63) is 78.2 Å². The van der Waals surface area contributed by atoms with Crippen LogP contribution in [-0.2, 0) is 6.54 Å². The van der Waals surface area contributed by atoms with Crippen molar-refractivity contribution < 1.29 is 9.90 Å². The van der Waals surface area contributed by atoms with Crippen molar-refractivity contribution >= 4 is 6.09 Å². The van der Waals surface area contributed by atoms with Crippen LogP contribution in [0.4, 0.5) is 4.79 Å². The van der Waals surface area contributed by atoms with Crippen LogP contribution in [0.2, 0.25) is 0 Å². The predicted molar refractivity (Wildman–Crippen MR) is 107 cm³/mol. The Morgan fingerprint density at radius 3 is 2.22 bits per heavy atom. The maximum atomic E-state index is 11.4. The maximum Gasteiger partial charge on any atom is 0.405 e. The van der Waals surface area contributed by atoms with Crippen molar-refractivity contribution in [2.24, 2.45) is 5.41 Å². The lowest BCUT2D eigenvalue weighted by atomic mass is 9.86. The highest BCUT2D eigenvalue weighted by atomic mass is 16.4. The van der Waals surface area contributed by atoms with Gasteiger partial charge in [-0.15, -0.1) is 0 Å². The van der Waals surface area contributed by atoms with Crippen LogP contribution in [0.1, 0.15) is 38.2 Å². The average Bonchev–Trinajstić information content (AvgIpc) is 3.03. The highest BCUT2D eigenvalue weighted by Crippen LogP contribution is 2.34. The van der Waals surface area contributed by atoms with Gasteiger partial charge >= 0.3 is 6.09 Å². The fourth-order valence-electron chi connectivity index (χ4n) is 3.11. The van der Waals surface area contributed by atoms with Crippen LogP contribution in [0.3, 0.4) is 0 Å². The molecule has 0 radical (unpaired) electrons. The van der Waals surface area contributed by atoms with E-state index >= 15 is 0 Å². The van der Waals surface area contributed by atoms with Gasteiger partial charge < -0.3 is 15.0 Å². The molecule has 1 heterocycles. The number of hydrogen-bond donors (Lipinski definition) is 2. The van der Waals surface area contributed by atoms with E-state index < -0.39 is 12.1 Å². The number of hydrogen-bond acceptors (Lipinski definition) is 2. The average molecular weight is 363 g/mol. The SMILES string of the molecule is CC(C)(C)C(NC(=O)O)c1nc(-c2ccccc2)cn1Cc1ccccc1. The maximum absolute atomic E-state index is 11.4. The van der Waals surface area contributed by atoms with Crippen LogP contribution in [0.25, 0.3) is 11.3 Å². The van der Waals surface area contributed by atoms with Crippen molar-refractivity contribution in [1.82, 2.24) is 14.9 Å². The van der Waals surface area contributed by atoms with Crippen LogP contribution in [-0.4, -0.2) is 20.8 Å². The molecular formula is C22H25N3O2. The van der Waals surface area contributed by atoms with Gasteiger partial charge in [0, 0.05) is 18.3 Å². The third-order valence-corrected chi connectivity index (χ3v) is 4.46. The predicted octanol–water partition coefficient (Wildman–Crippen LogP) is 4.95. The van der Waals surface area contributed by atoms with Crippen molar-refractivity contribution in [2.45, 2.75) is 33.4 Å². The summed E-state index contributed by atoms with van der Waals surface area (Å²) in [7, 11) is 0. The second-order valence-electron chi connectivity index (χ2n) is 7.71. The molecule has 0 fully saturated rings. The number of amides is 1. The zero-order chi connectivity index (χ0) is 19.4. The number of benzene rings is 2. The Hall–Kier alpha value is -3.08. The smallest absolute Gasteiger partial charge is 0.405 e. The minimum absolute atomic E-state index is 0.327. The molecule has 3 aromatic rings. The normalized spacial score (nSPS) is 12.6. The molecule has 1 amide bonds. The first-order chi connectivity index (χ1) is 12.8. The summed E-state index contributed by atoms with van der Waals surface area (Å²) in [6.45, 7) is 6.66. The van der Waals surface area contributed by atoms with E-state index in [0.29, 0.717) is 12.4 Å². The third-order valence-electron chi connectivity index (χ3n) is 4.46. The molecule has 1 unspecified atom stereocenters. The molecule has 0 aliphatic heterocycles. The highest BCUT2D eigenvalue weighted by molar-refractivity contribution is 5.65. The summed E-state index contributed by atoms with van der Waals surface area (Å²) in [5.41, 5.74) is 2.65. The largest absolute Gasteiger partial charge is 0.465 e. The van der Waals surface area contributed by atoms with Gasteiger partial charge in [0.1, 0.15) is 5.82 Å². The van der Waals surface area contributed by atoms with Crippen LogP contribution >= 0.6 is 0 Å². The molecular weight excluding hydrogens is 338 g/mol. The molecule has 0 saturated carbocycles. The minimum Gasteiger partial charge on any atom is -0.465 e. The molecule has 2 aromatic carbocycles. The summed E-state index contributed by atoms with van der Waals surface area (Å²) < 4.78 is 2.05. The molecule has 0 saturated heterocycles. The van der Waals surface area contributed by atoms with Crippen molar-refractivity contribution in [3.8, 4) is 11.3 Å². The number of carbonyl (C=O) groups is 1. The summed E-state index contributed by atoms with van der Waals surface area (Å²) in [5, 5.41) is 12.0. The van der Waals surface area contributed by atoms with Crippen LogP contribution < -0.4 is 5.32 Å². The Bertz CT molecular complexity index is 896. The lowest BCUT2D eigenvalue weighted by Gasteiger charge is -2.30. The quantitative estimate of drug-likeness (QED) is 0.674. The topological polar surface area (TPSA) is 67.2 Å². The van der Waals surface area contributed by atoms with E-state index in [4.69, 9.17) is 4.98 Å². The first-order valence-electron chi connectivity index (χ1n) is 9.00. The van der Waals surface area contributed by atoms with Crippen molar-refractivity contribution in [3.63, 3.8) is 0 Å². The number of aromatic nitrogens is 2. The highest BCUT2D eigenvalue weighted by Gasteiger charge is 2.32. The summed E-state index contributed by atoms with van der Waals surface area (Å²) in [5.74, 6) is 0.715. The number of imidazole rings is 1. The molecule has 3 rings (SSSR count). The summed E-state index contributed by atoms with van der Waals surface area (Å²) in [4.78, 5) is 16.3. The zero-order valence-corrected chi connectivity index (χ0v) is 15.9. The van der Waals surface area contributed by atoms with Gasteiger partial charge in [-0.2, -0.15) is 0 Å². The number of carboxylic acid groups (broad SMARTS) is 1. The van der Waals surface area contributed by atoms with E-state index in [1.54, 1.807) is 0 Å². The van der Waals surface area contributed by atoms with Gasteiger partial charge in [-0.1, -0.05) is 81.4 Å². The molecule has 0 aliphatic rings. The van der Waals surface area contributed by atoms with Gasteiger partial charge in [0.2, 0.25) is 0 Å². The van der Waals surface area contributed by atoms with Gasteiger partial charge in [0.05, 0.1) is 11.7 Å². The molecule has 0 bridgehead atoms. The summed E-state index contributed by atoms with van der Waals surface area (Å²) in [6.07, 6.45) is 0.949. The molecule has 1 aromatic heterocycles. The first kappa shape index (κ1) is 18.7. The molecule has 27 heavy (non-hydrogen) atoms. The Kier molecular flexibility index (Phi) is 5.31. The Morgan fingerprint density at radius 2 is 1.67 bits per heavy atom. The molecule has 5 heteroatoms. The third kappa shape index (κ3) is 4.56. The summed E-state index contributed by atoms with van der Waals surface area (Å²) >= 11 is 0. The van der Waals surface area contributed by atoms with E-state index in [-0.39, 0.29) is 5.41 Å². The minimum atomic E-state index is -1.05. The van der Waals surface area contributed by atoms with Crippen molar-refractivity contribution in [2.75, 3.05) is 0 Å². The lowest BCUT2D eigenvalue weighted by molar-refractivity contribution is 0.172. The number of rotatable bonds is 5. The standard InChI is InChI=1S/C22H25N3O2/c1-22(2,3)19(24-21(26)27)20-23-18(17-12-8-5-9-13-17)15-25(20)14-16-10-6-4-7-11-16/h4-13,15,19,24H,14H2,1-3H3,(H,26,27). The van der Waals surface area contributed by atoms with Gasteiger partial charge in [-0.25, -0.2) is 9.78 Å². The molecule has 5 nitrogen and oxygen atoms in total. The van der Waals surface area contributed by atoms with Gasteiger partial charge in [0.25, 0.3) is 0 Å². The van der Waals surface area contributed by atoms with Crippen LogP contribution in [0, 0.1) is 5.41 Å². The van der Waals surface area contributed by atoms with Gasteiger partial charge in [-0.3, -0.25) is 0 Å².